The zero-order valence-electron chi connectivity index (χ0n) is 17.9. The Bertz CT molecular complexity index is 1690. The minimum Gasteiger partial charge on any atom is -0.278 e. The highest BCUT2D eigenvalue weighted by Crippen LogP contribution is 2.51. The predicted molar refractivity (Wildman–Crippen MR) is 129 cm³/mol. The lowest BCUT2D eigenvalue weighted by Crippen LogP contribution is -2.15. The zero-order valence-corrected chi connectivity index (χ0v) is 17.9. The van der Waals surface area contributed by atoms with Gasteiger partial charge in [0.05, 0.1) is 11.0 Å². The van der Waals surface area contributed by atoms with Gasteiger partial charge >= 0.3 is 0 Å². The maximum absolute atomic E-state index is 4.45. The van der Waals surface area contributed by atoms with Crippen LogP contribution in [0.3, 0.4) is 0 Å². The molecule has 0 bridgehead atoms. The van der Waals surface area contributed by atoms with Crippen LogP contribution in [0.25, 0.3) is 49.7 Å². The molecule has 0 saturated heterocycles. The van der Waals surface area contributed by atoms with E-state index < -0.39 is 0 Å². The van der Waals surface area contributed by atoms with Crippen LogP contribution in [-0.4, -0.2) is 19.5 Å². The lowest BCUT2D eigenvalue weighted by atomic mass is 9.80. The van der Waals surface area contributed by atoms with Gasteiger partial charge in [0.15, 0.2) is 0 Å². The number of rotatable bonds is 1. The lowest BCUT2D eigenvalue weighted by molar-refractivity contribution is 0.666. The summed E-state index contributed by atoms with van der Waals surface area (Å²) in [7, 11) is 0. The third-order valence-corrected chi connectivity index (χ3v) is 7.01. The molecule has 0 saturated carbocycles. The van der Waals surface area contributed by atoms with Crippen molar-refractivity contribution in [2.75, 3.05) is 0 Å². The minimum atomic E-state index is -0.0499. The van der Waals surface area contributed by atoms with Gasteiger partial charge in [0.1, 0.15) is 12.7 Å². The number of hydrogen-bond acceptors (Lipinski definition) is 3. The minimum absolute atomic E-state index is 0.0499. The third kappa shape index (κ3) is 2.14. The molecule has 2 heterocycles. The highest BCUT2D eigenvalue weighted by Gasteiger charge is 2.36. The van der Waals surface area contributed by atoms with Gasteiger partial charge in [0.25, 0.3) is 0 Å². The summed E-state index contributed by atoms with van der Waals surface area (Å²) in [4.78, 5) is 12.9. The molecule has 0 atom stereocenters. The van der Waals surface area contributed by atoms with Crippen LogP contribution in [0.15, 0.2) is 85.5 Å². The first kappa shape index (κ1) is 17.6. The van der Waals surface area contributed by atoms with E-state index in [-0.39, 0.29) is 5.41 Å². The predicted octanol–water partition coefficient (Wildman–Crippen LogP) is 6.43. The SMILES string of the molecule is CC1(C)c2ccccc2-c2ccc3cc4c(cc3c21)c1ccccc1n4-c1ncncn1. The molecule has 4 nitrogen and oxygen atoms in total. The number of nitrogens with zero attached hydrogens (tertiary/aromatic N) is 4. The van der Waals surface area contributed by atoms with Gasteiger partial charge in [-0.3, -0.25) is 4.57 Å². The first-order valence-electron chi connectivity index (χ1n) is 10.9. The van der Waals surface area contributed by atoms with Gasteiger partial charge in [-0.15, -0.1) is 0 Å². The number of fused-ring (bicyclic) bond motifs is 8. The smallest absolute Gasteiger partial charge is 0.237 e. The second-order valence-electron chi connectivity index (χ2n) is 9.04. The molecule has 0 N–H and O–H groups in total. The van der Waals surface area contributed by atoms with E-state index in [0.29, 0.717) is 5.95 Å². The van der Waals surface area contributed by atoms with E-state index in [1.54, 1.807) is 12.7 Å². The van der Waals surface area contributed by atoms with Gasteiger partial charge in [0.2, 0.25) is 5.95 Å². The summed E-state index contributed by atoms with van der Waals surface area (Å²) in [6.07, 6.45) is 3.10. The molecule has 32 heavy (non-hydrogen) atoms. The Hall–Kier alpha value is -4.05. The topological polar surface area (TPSA) is 43.6 Å². The van der Waals surface area contributed by atoms with Crippen molar-refractivity contribution in [3.8, 4) is 17.1 Å². The van der Waals surface area contributed by atoms with Crippen LogP contribution < -0.4 is 0 Å². The average molecular weight is 412 g/mol. The van der Waals surface area contributed by atoms with E-state index >= 15 is 0 Å². The van der Waals surface area contributed by atoms with Gasteiger partial charge in [-0.25, -0.2) is 15.0 Å². The van der Waals surface area contributed by atoms with Crippen molar-refractivity contribution in [3.63, 3.8) is 0 Å². The standard InChI is InChI=1S/C28H20N4/c1-28(2)23-9-5-3-7-18(23)20-12-11-17-13-25-22(14-21(17)26(20)28)19-8-4-6-10-24(19)32(25)27-30-15-29-16-31-27/h3-16H,1-2H3. The van der Waals surface area contributed by atoms with Gasteiger partial charge in [-0.2, -0.15) is 0 Å². The van der Waals surface area contributed by atoms with Gasteiger partial charge in [-0.05, 0) is 51.2 Å². The molecule has 0 aliphatic heterocycles. The van der Waals surface area contributed by atoms with Crippen molar-refractivity contribution in [1.82, 2.24) is 19.5 Å². The largest absolute Gasteiger partial charge is 0.278 e. The van der Waals surface area contributed by atoms with E-state index in [1.807, 2.05) is 0 Å². The summed E-state index contributed by atoms with van der Waals surface area (Å²) in [6.45, 7) is 4.69. The molecule has 2 aromatic heterocycles. The summed E-state index contributed by atoms with van der Waals surface area (Å²) in [5.41, 5.74) is 7.67. The first-order valence-corrected chi connectivity index (χ1v) is 10.9. The average Bonchev–Trinajstić information content (AvgIpc) is 3.27. The number of aromatic nitrogens is 4. The Morgan fingerprint density at radius 1 is 0.688 bits per heavy atom. The van der Waals surface area contributed by atoms with Crippen molar-refractivity contribution >= 4 is 32.6 Å². The molecule has 6 aromatic rings. The van der Waals surface area contributed by atoms with E-state index in [0.717, 1.165) is 11.0 Å². The number of benzene rings is 4. The van der Waals surface area contributed by atoms with E-state index in [9.17, 15) is 0 Å². The van der Waals surface area contributed by atoms with Crippen LogP contribution in [-0.2, 0) is 5.41 Å². The lowest BCUT2D eigenvalue weighted by Gasteiger charge is -2.23. The van der Waals surface area contributed by atoms with Crippen LogP contribution in [0.2, 0.25) is 0 Å². The molecule has 152 valence electrons. The normalized spacial score (nSPS) is 14.2. The van der Waals surface area contributed by atoms with E-state index in [1.165, 1.54) is 43.8 Å². The molecular weight excluding hydrogens is 392 g/mol. The van der Waals surface area contributed by atoms with Crippen LogP contribution in [0, 0.1) is 0 Å². The van der Waals surface area contributed by atoms with Crippen molar-refractivity contribution in [2.45, 2.75) is 19.3 Å². The van der Waals surface area contributed by atoms with Crippen molar-refractivity contribution in [2.24, 2.45) is 0 Å². The number of para-hydroxylation sites is 1. The van der Waals surface area contributed by atoms with Crippen LogP contribution >= 0.6 is 0 Å². The molecule has 0 amide bonds. The Morgan fingerprint density at radius 2 is 1.47 bits per heavy atom. The fourth-order valence-electron chi connectivity index (χ4n) is 5.65. The Kier molecular flexibility index (Phi) is 3.31. The molecule has 0 radical (unpaired) electrons. The summed E-state index contributed by atoms with van der Waals surface area (Å²) >= 11 is 0. The van der Waals surface area contributed by atoms with E-state index in [4.69, 9.17) is 0 Å². The van der Waals surface area contributed by atoms with Crippen LogP contribution in [0.4, 0.5) is 0 Å². The molecule has 0 fully saturated rings. The molecular formula is C28H20N4. The second-order valence-corrected chi connectivity index (χ2v) is 9.04. The van der Waals surface area contributed by atoms with Gasteiger partial charge < -0.3 is 0 Å². The molecule has 0 unspecified atom stereocenters. The van der Waals surface area contributed by atoms with Crippen LogP contribution in [0.5, 0.6) is 0 Å². The summed E-state index contributed by atoms with van der Waals surface area (Å²) in [5, 5.41) is 4.97. The van der Waals surface area contributed by atoms with Crippen molar-refractivity contribution < 1.29 is 0 Å². The van der Waals surface area contributed by atoms with Gasteiger partial charge in [0, 0.05) is 16.2 Å². The third-order valence-electron chi connectivity index (χ3n) is 7.01. The maximum atomic E-state index is 4.45. The van der Waals surface area contributed by atoms with E-state index in [2.05, 4.69) is 106 Å². The molecule has 1 aliphatic carbocycles. The Labute approximate surface area is 185 Å². The Morgan fingerprint density at radius 3 is 2.34 bits per heavy atom. The molecule has 4 heteroatoms. The summed E-state index contributed by atoms with van der Waals surface area (Å²) in [5.74, 6) is 0.638. The Balaban J connectivity index is 1.64. The van der Waals surface area contributed by atoms with Crippen LogP contribution in [0.1, 0.15) is 25.0 Å². The monoisotopic (exact) mass is 412 g/mol. The summed E-state index contributed by atoms with van der Waals surface area (Å²) < 4.78 is 2.14. The summed E-state index contributed by atoms with van der Waals surface area (Å²) in [6, 6.07) is 26.5. The highest BCUT2D eigenvalue weighted by atomic mass is 15.2. The molecule has 7 rings (SSSR count). The second kappa shape index (κ2) is 6.01. The number of hydrogen-bond donors (Lipinski definition) is 0. The molecule has 1 aliphatic rings. The van der Waals surface area contributed by atoms with Crippen molar-refractivity contribution in [3.05, 3.63) is 96.6 Å². The molecule has 0 spiro atoms. The quantitative estimate of drug-likeness (QED) is 0.313. The first-order chi connectivity index (χ1) is 15.6. The maximum Gasteiger partial charge on any atom is 0.237 e. The fraction of sp³-hybridized carbons (Fsp3) is 0.107. The molecule has 4 aromatic carbocycles. The highest BCUT2D eigenvalue weighted by molar-refractivity contribution is 6.15. The fourth-order valence-corrected chi connectivity index (χ4v) is 5.65. The van der Waals surface area contributed by atoms with Crippen molar-refractivity contribution in [1.29, 1.82) is 0 Å². The van der Waals surface area contributed by atoms with Gasteiger partial charge in [-0.1, -0.05) is 68.4 Å². The zero-order chi connectivity index (χ0) is 21.4.